The number of fused-ring (bicyclic) bond motifs is 3. The first kappa shape index (κ1) is 23.6. The van der Waals surface area contributed by atoms with Crippen LogP contribution in [0.25, 0.3) is 21.9 Å². The standard InChI is InChI=1S/C28H25ClN4O3/c1-18-10-11-24-22(12-18)26-27(28(35)32(17-31-26)15-20-7-3-4-9-23(20)29)33(24)16-25(34)30-14-19-6-5-8-21(13-19)36-2/h3-13,17H,14-16H2,1-2H3,(H,30,34). The topological polar surface area (TPSA) is 78.2 Å². The van der Waals surface area contributed by atoms with E-state index in [0.29, 0.717) is 22.6 Å². The SMILES string of the molecule is COc1cccc(CNC(=O)Cn2c3ccc(C)cc3c3ncn(Cc4ccccc4Cl)c(=O)c32)c1. The zero-order chi connectivity index (χ0) is 25.2. The Balaban J connectivity index is 1.52. The molecule has 2 heterocycles. The smallest absolute Gasteiger partial charge is 0.278 e. The first-order chi connectivity index (χ1) is 17.4. The van der Waals surface area contributed by atoms with E-state index in [-0.39, 0.29) is 24.6 Å². The third-order valence-corrected chi connectivity index (χ3v) is 6.57. The number of benzene rings is 3. The second-order valence-electron chi connectivity index (χ2n) is 8.70. The van der Waals surface area contributed by atoms with Crippen molar-refractivity contribution in [1.29, 1.82) is 0 Å². The zero-order valence-electron chi connectivity index (χ0n) is 20.0. The van der Waals surface area contributed by atoms with Crippen molar-refractivity contribution in [2.24, 2.45) is 0 Å². The Morgan fingerprint density at radius 1 is 1.08 bits per heavy atom. The van der Waals surface area contributed by atoms with Crippen molar-refractivity contribution >= 4 is 39.4 Å². The van der Waals surface area contributed by atoms with Crippen LogP contribution in [-0.2, 0) is 24.4 Å². The number of hydrogen-bond acceptors (Lipinski definition) is 4. The van der Waals surface area contributed by atoms with Crippen LogP contribution in [-0.4, -0.2) is 27.1 Å². The largest absolute Gasteiger partial charge is 0.497 e. The number of hydrogen-bond donors (Lipinski definition) is 1. The van der Waals surface area contributed by atoms with Crippen LogP contribution in [0.1, 0.15) is 16.7 Å². The van der Waals surface area contributed by atoms with Gasteiger partial charge >= 0.3 is 0 Å². The van der Waals surface area contributed by atoms with Gasteiger partial charge < -0.3 is 14.6 Å². The fourth-order valence-corrected chi connectivity index (χ4v) is 4.58. The minimum Gasteiger partial charge on any atom is -0.497 e. The number of nitrogens with zero attached hydrogens (tertiary/aromatic N) is 3. The molecule has 0 unspecified atom stereocenters. The van der Waals surface area contributed by atoms with Crippen molar-refractivity contribution in [3.05, 3.63) is 105 Å². The second-order valence-corrected chi connectivity index (χ2v) is 9.11. The molecule has 5 aromatic rings. The Hall–Kier alpha value is -4.10. The first-order valence-electron chi connectivity index (χ1n) is 11.6. The first-order valence-corrected chi connectivity index (χ1v) is 11.9. The molecule has 2 aromatic heterocycles. The third-order valence-electron chi connectivity index (χ3n) is 6.21. The molecule has 0 aliphatic heterocycles. The molecular formula is C28H25ClN4O3. The summed E-state index contributed by atoms with van der Waals surface area (Å²) in [6.07, 6.45) is 1.54. The maximum atomic E-state index is 13.7. The van der Waals surface area contributed by atoms with Gasteiger partial charge in [0.05, 0.1) is 25.5 Å². The highest BCUT2D eigenvalue weighted by Gasteiger charge is 2.19. The summed E-state index contributed by atoms with van der Waals surface area (Å²) in [6, 6.07) is 20.8. The van der Waals surface area contributed by atoms with Crippen molar-refractivity contribution in [2.45, 2.75) is 26.6 Å². The van der Waals surface area contributed by atoms with E-state index >= 15 is 0 Å². The second kappa shape index (κ2) is 9.87. The van der Waals surface area contributed by atoms with Crippen LogP contribution in [0.2, 0.25) is 5.02 Å². The fourth-order valence-electron chi connectivity index (χ4n) is 4.38. The summed E-state index contributed by atoms with van der Waals surface area (Å²) in [5.74, 6) is 0.516. The molecule has 1 N–H and O–H groups in total. The molecule has 1 amide bonds. The predicted molar refractivity (Wildman–Crippen MR) is 142 cm³/mol. The average Bonchev–Trinajstić information content (AvgIpc) is 3.18. The van der Waals surface area contributed by atoms with Crippen molar-refractivity contribution in [1.82, 2.24) is 19.4 Å². The van der Waals surface area contributed by atoms with Crippen molar-refractivity contribution < 1.29 is 9.53 Å². The summed E-state index contributed by atoms with van der Waals surface area (Å²) < 4.78 is 8.54. The van der Waals surface area contributed by atoms with Gasteiger partial charge in [-0.25, -0.2) is 4.98 Å². The lowest BCUT2D eigenvalue weighted by Crippen LogP contribution is -2.29. The number of carbonyl (C=O) groups excluding carboxylic acids is 1. The summed E-state index contributed by atoms with van der Waals surface area (Å²) in [5, 5.41) is 4.37. The van der Waals surface area contributed by atoms with Crippen molar-refractivity contribution in [3.8, 4) is 5.75 Å². The van der Waals surface area contributed by atoms with E-state index in [2.05, 4.69) is 10.3 Å². The quantitative estimate of drug-likeness (QED) is 0.352. The molecule has 0 aliphatic carbocycles. The minimum absolute atomic E-state index is 0.0138. The summed E-state index contributed by atoms with van der Waals surface area (Å²) in [7, 11) is 1.61. The number of aryl methyl sites for hydroxylation is 1. The summed E-state index contributed by atoms with van der Waals surface area (Å²) in [6.45, 7) is 2.60. The van der Waals surface area contributed by atoms with Gasteiger partial charge in [0.25, 0.3) is 5.56 Å². The van der Waals surface area contributed by atoms with Gasteiger partial charge in [-0.3, -0.25) is 14.2 Å². The third kappa shape index (κ3) is 4.57. The lowest BCUT2D eigenvalue weighted by Gasteiger charge is -2.11. The molecule has 0 aliphatic rings. The number of aromatic nitrogens is 3. The lowest BCUT2D eigenvalue weighted by molar-refractivity contribution is -0.121. The summed E-state index contributed by atoms with van der Waals surface area (Å²) in [4.78, 5) is 31.3. The Morgan fingerprint density at radius 3 is 2.72 bits per heavy atom. The summed E-state index contributed by atoms with van der Waals surface area (Å²) in [5.41, 5.74) is 4.31. The van der Waals surface area contributed by atoms with Crippen LogP contribution < -0.4 is 15.6 Å². The molecule has 5 rings (SSSR count). The molecule has 0 saturated heterocycles. The number of methoxy groups -OCH3 is 1. The van der Waals surface area contributed by atoms with Gasteiger partial charge in [0, 0.05) is 17.0 Å². The summed E-state index contributed by atoms with van der Waals surface area (Å²) >= 11 is 6.33. The van der Waals surface area contributed by atoms with Gasteiger partial charge in [-0.05, 0) is 48.4 Å². The number of rotatable bonds is 7. The highest BCUT2D eigenvalue weighted by Crippen LogP contribution is 2.27. The minimum atomic E-state index is -0.227. The Bertz CT molecular complexity index is 1650. The normalized spacial score (nSPS) is 11.2. The average molecular weight is 501 g/mol. The van der Waals surface area contributed by atoms with Gasteiger partial charge in [-0.2, -0.15) is 0 Å². The molecule has 0 atom stereocenters. The van der Waals surface area contributed by atoms with E-state index in [9.17, 15) is 9.59 Å². The van der Waals surface area contributed by atoms with E-state index < -0.39 is 0 Å². The van der Waals surface area contributed by atoms with Crippen LogP contribution in [0.3, 0.4) is 0 Å². The lowest BCUT2D eigenvalue weighted by atomic mass is 10.1. The van der Waals surface area contributed by atoms with Crippen LogP contribution in [0, 0.1) is 6.92 Å². The predicted octanol–water partition coefficient (Wildman–Crippen LogP) is 4.69. The van der Waals surface area contributed by atoms with Gasteiger partial charge in [-0.1, -0.05) is 53.6 Å². The maximum Gasteiger partial charge on any atom is 0.278 e. The van der Waals surface area contributed by atoms with Gasteiger partial charge in [-0.15, -0.1) is 0 Å². The molecule has 3 aromatic carbocycles. The number of amides is 1. The number of nitrogens with one attached hydrogen (secondary N) is 1. The molecule has 182 valence electrons. The molecule has 7 nitrogen and oxygen atoms in total. The maximum absolute atomic E-state index is 13.7. The number of ether oxygens (including phenoxy) is 1. The highest BCUT2D eigenvalue weighted by atomic mass is 35.5. The molecule has 0 saturated carbocycles. The van der Waals surface area contributed by atoms with Crippen LogP contribution in [0.5, 0.6) is 5.75 Å². The zero-order valence-corrected chi connectivity index (χ0v) is 20.7. The fraction of sp³-hybridized carbons (Fsp3) is 0.179. The van der Waals surface area contributed by atoms with Gasteiger partial charge in [0.2, 0.25) is 5.91 Å². The molecule has 0 bridgehead atoms. The van der Waals surface area contributed by atoms with Crippen LogP contribution in [0.4, 0.5) is 0 Å². The number of carbonyl (C=O) groups is 1. The molecule has 36 heavy (non-hydrogen) atoms. The Morgan fingerprint density at radius 2 is 1.92 bits per heavy atom. The highest BCUT2D eigenvalue weighted by molar-refractivity contribution is 6.31. The van der Waals surface area contributed by atoms with Crippen molar-refractivity contribution in [2.75, 3.05) is 7.11 Å². The van der Waals surface area contributed by atoms with E-state index in [1.54, 1.807) is 24.1 Å². The van der Waals surface area contributed by atoms with E-state index in [0.717, 1.165) is 33.3 Å². The molecule has 0 spiro atoms. The van der Waals surface area contributed by atoms with Crippen molar-refractivity contribution in [3.63, 3.8) is 0 Å². The van der Waals surface area contributed by atoms with Gasteiger partial charge in [0.15, 0.2) is 0 Å². The molecule has 0 radical (unpaired) electrons. The molecule has 0 fully saturated rings. The number of halogens is 1. The van der Waals surface area contributed by atoms with E-state index in [4.69, 9.17) is 16.3 Å². The van der Waals surface area contributed by atoms with Crippen LogP contribution >= 0.6 is 11.6 Å². The molecular weight excluding hydrogens is 476 g/mol. The van der Waals surface area contributed by atoms with E-state index in [1.165, 1.54) is 4.57 Å². The van der Waals surface area contributed by atoms with E-state index in [1.807, 2.05) is 67.6 Å². The Labute approximate surface area is 212 Å². The monoisotopic (exact) mass is 500 g/mol. The Kier molecular flexibility index (Phi) is 6.48. The van der Waals surface area contributed by atoms with Crippen LogP contribution in [0.15, 0.2) is 77.9 Å². The molecule has 8 heteroatoms. The van der Waals surface area contributed by atoms with Gasteiger partial charge in [0.1, 0.15) is 23.3 Å².